The zero-order chi connectivity index (χ0) is 21.8. The van der Waals surface area contributed by atoms with Gasteiger partial charge in [0.05, 0.1) is 12.1 Å². The molecule has 5 aliphatic rings. The molecular weight excluding hydrogens is 384 g/mol. The predicted molar refractivity (Wildman–Crippen MR) is 125 cm³/mol. The maximum Gasteiger partial charge on any atom is 0.150 e. The van der Waals surface area contributed by atoms with Crippen LogP contribution in [-0.4, -0.2) is 65.6 Å². The Morgan fingerprint density at radius 3 is 2.32 bits per heavy atom. The second kappa shape index (κ2) is 8.40. The lowest BCUT2D eigenvalue weighted by molar-refractivity contribution is -0.133. The Morgan fingerprint density at radius 1 is 0.871 bits per heavy atom. The number of hydrogen-bond acceptors (Lipinski definition) is 4. The first-order valence-electron chi connectivity index (χ1n) is 13.5. The van der Waals surface area contributed by atoms with E-state index in [0.29, 0.717) is 18.2 Å². The normalized spacial score (nSPS) is 48.6. The van der Waals surface area contributed by atoms with E-state index in [9.17, 15) is 9.90 Å². The molecule has 4 aliphatic carbocycles. The van der Waals surface area contributed by atoms with Gasteiger partial charge in [0.15, 0.2) is 0 Å². The molecule has 4 nitrogen and oxygen atoms in total. The Morgan fingerprint density at radius 2 is 1.58 bits per heavy atom. The Bertz CT molecular complexity index is 670. The molecule has 4 heteroatoms. The Labute approximate surface area is 190 Å². The molecule has 0 aromatic rings. The lowest BCUT2D eigenvalue weighted by Gasteiger charge is -2.57. The number of likely N-dealkylation sites (N-methyl/N-ethyl adjacent to an activating group) is 1. The van der Waals surface area contributed by atoms with Crippen LogP contribution in [-0.2, 0) is 4.79 Å². The molecule has 5 rings (SSSR count). The Hall–Kier alpha value is -0.450. The van der Waals surface area contributed by atoms with Crippen molar-refractivity contribution in [2.45, 2.75) is 84.2 Å². The highest BCUT2D eigenvalue weighted by molar-refractivity contribution is 5.84. The van der Waals surface area contributed by atoms with Crippen LogP contribution in [0, 0.1) is 40.9 Å². The minimum Gasteiger partial charge on any atom is -0.390 e. The van der Waals surface area contributed by atoms with Gasteiger partial charge < -0.3 is 10.0 Å². The largest absolute Gasteiger partial charge is 0.390 e. The third-order valence-electron chi connectivity index (χ3n) is 10.9. The van der Waals surface area contributed by atoms with Crippen LogP contribution in [0.4, 0.5) is 0 Å². The van der Waals surface area contributed by atoms with Crippen molar-refractivity contribution in [3.05, 3.63) is 0 Å². The van der Waals surface area contributed by atoms with Gasteiger partial charge in [-0.2, -0.15) is 0 Å². The van der Waals surface area contributed by atoms with E-state index in [1.807, 2.05) is 0 Å². The Balaban J connectivity index is 1.23. The van der Waals surface area contributed by atoms with Gasteiger partial charge in [-0.05, 0) is 106 Å². The van der Waals surface area contributed by atoms with Gasteiger partial charge in [-0.15, -0.1) is 0 Å². The molecule has 0 bridgehead atoms. The van der Waals surface area contributed by atoms with Gasteiger partial charge in [-0.3, -0.25) is 9.69 Å². The fourth-order valence-corrected chi connectivity index (χ4v) is 9.20. The predicted octanol–water partition coefficient (Wildman–Crippen LogP) is 4.21. The fourth-order valence-electron chi connectivity index (χ4n) is 9.20. The number of carbonyl (C=O) groups is 1. The SMILES string of the molecule is CCN1CCN(CC(=O)[C@H]2CC[C@H]3[C@@H]4CC[C@H]5C[C@](C)(O)CC[C@@H]5[C@H]4CC[C@]23C)CC1. The van der Waals surface area contributed by atoms with E-state index in [4.69, 9.17) is 0 Å². The molecule has 0 amide bonds. The molecule has 1 aliphatic heterocycles. The highest BCUT2D eigenvalue weighted by atomic mass is 16.3. The number of hydrogen-bond donors (Lipinski definition) is 1. The number of ketones is 1. The molecule has 0 aromatic heterocycles. The molecule has 8 atom stereocenters. The molecule has 4 saturated carbocycles. The van der Waals surface area contributed by atoms with E-state index in [-0.39, 0.29) is 5.41 Å². The van der Waals surface area contributed by atoms with E-state index in [1.54, 1.807) is 0 Å². The number of piperazine rings is 1. The van der Waals surface area contributed by atoms with Crippen molar-refractivity contribution in [3.63, 3.8) is 0 Å². The van der Waals surface area contributed by atoms with Crippen LogP contribution >= 0.6 is 0 Å². The van der Waals surface area contributed by atoms with Crippen LogP contribution in [0.5, 0.6) is 0 Å². The van der Waals surface area contributed by atoms with Gasteiger partial charge in [0.2, 0.25) is 0 Å². The number of fused-ring (bicyclic) bond motifs is 5. The summed E-state index contributed by atoms with van der Waals surface area (Å²) in [7, 11) is 0. The zero-order valence-corrected chi connectivity index (χ0v) is 20.3. The van der Waals surface area contributed by atoms with Crippen LogP contribution in [0.3, 0.4) is 0 Å². The lowest BCUT2D eigenvalue weighted by Crippen LogP contribution is -2.52. The quantitative estimate of drug-likeness (QED) is 0.725. The first kappa shape index (κ1) is 22.3. The number of rotatable bonds is 4. The van der Waals surface area contributed by atoms with Gasteiger partial charge in [0, 0.05) is 32.1 Å². The van der Waals surface area contributed by atoms with Gasteiger partial charge in [0.1, 0.15) is 5.78 Å². The third kappa shape index (κ3) is 4.04. The molecule has 1 N–H and O–H groups in total. The molecular formula is C27H46N2O2. The first-order chi connectivity index (χ1) is 14.8. The maximum atomic E-state index is 13.5. The summed E-state index contributed by atoms with van der Waals surface area (Å²) in [6.07, 6.45) is 10.9. The van der Waals surface area contributed by atoms with Crippen LogP contribution < -0.4 is 0 Å². The molecule has 0 spiro atoms. The third-order valence-corrected chi connectivity index (χ3v) is 10.9. The number of Topliss-reactive ketones (excluding diaryl/α,β-unsaturated/α-hetero) is 1. The summed E-state index contributed by atoms with van der Waals surface area (Å²) in [6, 6.07) is 0. The summed E-state index contributed by atoms with van der Waals surface area (Å²) in [4.78, 5) is 18.4. The average Bonchev–Trinajstić information content (AvgIpc) is 3.10. The smallest absolute Gasteiger partial charge is 0.150 e. The summed E-state index contributed by atoms with van der Waals surface area (Å²) in [5, 5.41) is 10.6. The zero-order valence-electron chi connectivity index (χ0n) is 20.3. The second-order valence-corrected chi connectivity index (χ2v) is 12.5. The van der Waals surface area contributed by atoms with Crippen molar-refractivity contribution >= 4 is 5.78 Å². The van der Waals surface area contributed by atoms with Crippen molar-refractivity contribution < 1.29 is 9.90 Å². The van der Waals surface area contributed by atoms with Crippen LogP contribution in [0.2, 0.25) is 0 Å². The number of carbonyl (C=O) groups excluding carboxylic acids is 1. The van der Waals surface area contributed by atoms with Crippen molar-refractivity contribution in [2.24, 2.45) is 40.9 Å². The minimum absolute atomic E-state index is 0.247. The van der Waals surface area contributed by atoms with Crippen LogP contribution in [0.1, 0.15) is 78.6 Å². The average molecular weight is 431 g/mol. The summed E-state index contributed by atoms with van der Waals surface area (Å²) in [5.41, 5.74) is -0.179. The molecule has 31 heavy (non-hydrogen) atoms. The van der Waals surface area contributed by atoms with Gasteiger partial charge in [-0.1, -0.05) is 13.8 Å². The molecule has 5 fully saturated rings. The van der Waals surface area contributed by atoms with Gasteiger partial charge >= 0.3 is 0 Å². The van der Waals surface area contributed by atoms with Gasteiger partial charge in [0.25, 0.3) is 0 Å². The highest BCUT2D eigenvalue weighted by Gasteiger charge is 2.58. The van der Waals surface area contributed by atoms with E-state index in [1.165, 1.54) is 38.5 Å². The van der Waals surface area contributed by atoms with Crippen molar-refractivity contribution in [1.29, 1.82) is 0 Å². The lowest BCUT2D eigenvalue weighted by atomic mass is 9.49. The minimum atomic E-state index is -0.426. The van der Waals surface area contributed by atoms with Crippen LogP contribution in [0.25, 0.3) is 0 Å². The monoisotopic (exact) mass is 430 g/mol. The highest BCUT2D eigenvalue weighted by Crippen LogP contribution is 2.64. The summed E-state index contributed by atoms with van der Waals surface area (Å²) in [5.74, 6) is 4.91. The molecule has 0 aromatic carbocycles. The summed E-state index contributed by atoms with van der Waals surface area (Å²) < 4.78 is 0. The van der Waals surface area contributed by atoms with Crippen molar-refractivity contribution in [1.82, 2.24) is 9.80 Å². The standard InChI is InChI=1S/C27H46N2O2/c1-4-28-13-15-29(16-14-28)18-25(30)24-8-7-23-22-6-5-19-17-26(2,31)11-9-20(19)21(22)10-12-27(23,24)3/h19-24,31H,4-18H2,1-3H3/t19-,20-,21+,22+,23-,24+,26+,27-/m0/s1. The molecule has 1 saturated heterocycles. The van der Waals surface area contributed by atoms with E-state index >= 15 is 0 Å². The van der Waals surface area contributed by atoms with Crippen molar-refractivity contribution in [3.8, 4) is 0 Å². The summed E-state index contributed by atoms with van der Waals surface area (Å²) in [6.45, 7) is 13.0. The summed E-state index contributed by atoms with van der Waals surface area (Å²) >= 11 is 0. The van der Waals surface area contributed by atoms with Crippen LogP contribution in [0.15, 0.2) is 0 Å². The van der Waals surface area contributed by atoms with E-state index < -0.39 is 5.60 Å². The number of aliphatic hydroxyl groups is 1. The molecule has 0 radical (unpaired) electrons. The molecule has 176 valence electrons. The topological polar surface area (TPSA) is 43.8 Å². The second-order valence-electron chi connectivity index (χ2n) is 12.5. The maximum absolute atomic E-state index is 13.5. The molecule has 1 heterocycles. The number of nitrogens with zero attached hydrogens (tertiary/aromatic N) is 2. The Kier molecular flexibility index (Phi) is 6.06. The van der Waals surface area contributed by atoms with E-state index in [0.717, 1.165) is 81.6 Å². The van der Waals surface area contributed by atoms with Crippen molar-refractivity contribution in [2.75, 3.05) is 39.3 Å². The fraction of sp³-hybridized carbons (Fsp3) is 0.963. The van der Waals surface area contributed by atoms with Gasteiger partial charge in [-0.25, -0.2) is 0 Å². The first-order valence-corrected chi connectivity index (χ1v) is 13.5. The molecule has 0 unspecified atom stereocenters. The van der Waals surface area contributed by atoms with E-state index in [2.05, 4.69) is 30.6 Å².